The van der Waals surface area contributed by atoms with Crippen molar-refractivity contribution in [3.63, 3.8) is 0 Å². The molecule has 0 saturated carbocycles. The van der Waals surface area contributed by atoms with Gasteiger partial charge in [0.2, 0.25) is 0 Å². The summed E-state index contributed by atoms with van der Waals surface area (Å²) in [7, 11) is 0. The third-order valence-corrected chi connectivity index (χ3v) is 2.47. The van der Waals surface area contributed by atoms with Crippen molar-refractivity contribution in [3.8, 4) is 0 Å². The third-order valence-electron chi connectivity index (χ3n) is 1.96. The van der Waals surface area contributed by atoms with E-state index in [4.69, 9.17) is 23.2 Å². The van der Waals surface area contributed by atoms with Crippen LogP contribution in [0.5, 0.6) is 0 Å². The quantitative estimate of drug-likeness (QED) is 0.694. The van der Waals surface area contributed by atoms with Crippen LogP contribution in [0.25, 0.3) is 0 Å². The maximum absolute atomic E-state index is 10.8. The first-order valence-corrected chi connectivity index (χ1v) is 5.97. The molecule has 0 unspecified atom stereocenters. The van der Waals surface area contributed by atoms with Crippen molar-refractivity contribution >= 4 is 29.0 Å². The summed E-state index contributed by atoms with van der Waals surface area (Å²) in [5, 5.41) is 1.43. The van der Waals surface area contributed by atoms with Crippen LogP contribution in [0.3, 0.4) is 0 Å². The van der Waals surface area contributed by atoms with Gasteiger partial charge in [-0.05, 0) is 24.3 Å². The maximum atomic E-state index is 10.8. The Hall–Kier alpha value is -0.530. The minimum absolute atomic E-state index is 0.130. The Morgan fingerprint density at radius 2 is 1.38 bits per heavy atom. The molecule has 0 saturated heterocycles. The van der Waals surface area contributed by atoms with Crippen LogP contribution < -0.4 is 0 Å². The lowest BCUT2D eigenvalue weighted by Crippen LogP contribution is -2.18. The Kier molecular flexibility index (Phi) is 6.70. The molecular weight excluding hydrogens is 243 g/mol. The fourth-order valence-electron chi connectivity index (χ4n) is 0.960. The van der Waals surface area contributed by atoms with Crippen LogP contribution in [0, 0.1) is 5.41 Å². The molecule has 1 rings (SSSR count). The van der Waals surface area contributed by atoms with Crippen LogP contribution in [0.1, 0.15) is 34.1 Å². The van der Waals surface area contributed by atoms with Gasteiger partial charge in [0.25, 0.3) is 0 Å². The number of rotatable bonds is 1. The number of Topliss-reactive ketones (excluding diaryl/α,β-unsaturated/α-hetero) is 1. The zero-order valence-electron chi connectivity index (χ0n) is 10.2. The van der Waals surface area contributed by atoms with Crippen molar-refractivity contribution in [2.24, 2.45) is 5.41 Å². The molecule has 16 heavy (non-hydrogen) atoms. The van der Waals surface area contributed by atoms with E-state index in [2.05, 4.69) is 0 Å². The Morgan fingerprint density at radius 1 is 1.06 bits per heavy atom. The van der Waals surface area contributed by atoms with Crippen LogP contribution in [0.4, 0.5) is 0 Å². The highest BCUT2D eigenvalue weighted by Crippen LogP contribution is 2.15. The van der Waals surface area contributed by atoms with Crippen LogP contribution >= 0.6 is 23.2 Å². The van der Waals surface area contributed by atoms with Gasteiger partial charge in [-0.3, -0.25) is 4.79 Å². The second kappa shape index (κ2) is 6.93. The highest BCUT2D eigenvalue weighted by atomic mass is 35.5. The molecule has 1 aromatic carbocycles. The van der Waals surface area contributed by atoms with Gasteiger partial charge >= 0.3 is 0 Å². The maximum Gasteiger partial charge on any atom is 0.137 e. The molecule has 0 bridgehead atoms. The van der Waals surface area contributed by atoms with Gasteiger partial charge in [0.15, 0.2) is 0 Å². The fourth-order valence-corrected chi connectivity index (χ4v) is 1.21. The number of carbonyl (C=O) groups is 1. The average Bonchev–Trinajstić information content (AvgIpc) is 2.21. The minimum atomic E-state index is -0.130. The summed E-state index contributed by atoms with van der Waals surface area (Å²) in [5.74, 6) is 0.331. The molecule has 0 heterocycles. The van der Waals surface area contributed by atoms with Gasteiger partial charge in [0.1, 0.15) is 5.78 Å². The van der Waals surface area contributed by atoms with E-state index < -0.39 is 0 Å². The Labute approximate surface area is 108 Å². The van der Waals surface area contributed by atoms with Crippen molar-refractivity contribution in [1.82, 2.24) is 0 Å². The number of carbonyl (C=O) groups excluding carboxylic acids is 1. The summed E-state index contributed by atoms with van der Waals surface area (Å²) in [6.07, 6.45) is 0.656. The summed E-state index contributed by atoms with van der Waals surface area (Å²) in [6.45, 7) is 7.73. The van der Waals surface area contributed by atoms with E-state index in [-0.39, 0.29) is 5.41 Å². The number of ketones is 1. The van der Waals surface area contributed by atoms with E-state index in [1.165, 1.54) is 0 Å². The van der Waals surface area contributed by atoms with E-state index in [0.29, 0.717) is 12.2 Å². The summed E-state index contributed by atoms with van der Waals surface area (Å²) in [4.78, 5) is 10.8. The van der Waals surface area contributed by atoms with E-state index >= 15 is 0 Å². The summed E-state index contributed by atoms with van der Waals surface area (Å²) < 4.78 is 0. The van der Waals surface area contributed by atoms with Gasteiger partial charge in [-0.15, -0.1) is 0 Å². The largest absolute Gasteiger partial charge is 0.299 e. The monoisotopic (exact) mass is 260 g/mol. The van der Waals surface area contributed by atoms with E-state index in [1.54, 1.807) is 24.3 Å². The zero-order chi connectivity index (χ0) is 12.8. The van der Waals surface area contributed by atoms with Crippen molar-refractivity contribution in [3.05, 3.63) is 34.3 Å². The van der Waals surface area contributed by atoms with Crippen molar-refractivity contribution in [2.75, 3.05) is 0 Å². The minimum Gasteiger partial charge on any atom is -0.299 e. The Morgan fingerprint density at radius 3 is 1.50 bits per heavy atom. The fraction of sp³-hybridized carbons (Fsp3) is 0.462. The summed E-state index contributed by atoms with van der Waals surface area (Å²) >= 11 is 11.1. The molecule has 0 aliphatic rings. The first-order chi connectivity index (χ1) is 7.27. The second-order valence-corrected chi connectivity index (χ2v) is 5.34. The topological polar surface area (TPSA) is 17.1 Å². The van der Waals surface area contributed by atoms with Crippen molar-refractivity contribution < 1.29 is 4.79 Å². The van der Waals surface area contributed by atoms with E-state index in [0.717, 1.165) is 10.0 Å². The molecule has 0 amide bonds. The first-order valence-electron chi connectivity index (χ1n) is 5.21. The molecule has 0 spiro atoms. The molecule has 0 aromatic heterocycles. The predicted octanol–water partition coefficient (Wildman–Crippen LogP) is 5.01. The molecule has 1 aromatic rings. The standard InChI is InChI=1S/C7H14O.C6H4Cl2/c1-5-6(8)7(2,3)4;7-5-1-2-6(8)4-3-5/h5H2,1-4H3;1-4H. The molecule has 0 N–H and O–H groups in total. The number of hydrogen-bond donors (Lipinski definition) is 0. The SMILES string of the molecule is CCC(=O)C(C)(C)C.Clc1ccc(Cl)cc1. The number of hydrogen-bond acceptors (Lipinski definition) is 1. The van der Waals surface area contributed by atoms with Crippen LogP contribution in [0.2, 0.25) is 10.0 Å². The Balaban J connectivity index is 0.000000281. The van der Waals surface area contributed by atoms with E-state index in [1.807, 2.05) is 27.7 Å². The molecule has 90 valence electrons. The summed E-state index contributed by atoms with van der Waals surface area (Å²) in [5.41, 5.74) is -0.130. The lowest BCUT2D eigenvalue weighted by atomic mass is 9.90. The van der Waals surface area contributed by atoms with Gasteiger partial charge in [0.05, 0.1) is 0 Å². The third kappa shape index (κ3) is 6.86. The smallest absolute Gasteiger partial charge is 0.137 e. The predicted molar refractivity (Wildman–Crippen MR) is 71.2 cm³/mol. The molecule has 3 heteroatoms. The first kappa shape index (κ1) is 15.5. The molecule has 0 radical (unpaired) electrons. The lowest BCUT2D eigenvalue weighted by Gasteiger charge is -2.13. The van der Waals surface area contributed by atoms with Crippen molar-refractivity contribution in [1.29, 1.82) is 0 Å². The van der Waals surface area contributed by atoms with Crippen molar-refractivity contribution in [2.45, 2.75) is 34.1 Å². The number of halogens is 2. The average molecular weight is 261 g/mol. The second-order valence-electron chi connectivity index (χ2n) is 4.46. The van der Waals surface area contributed by atoms with Crippen LogP contribution in [-0.4, -0.2) is 5.78 Å². The highest BCUT2D eigenvalue weighted by Gasteiger charge is 2.17. The van der Waals surface area contributed by atoms with Gasteiger partial charge < -0.3 is 0 Å². The van der Waals surface area contributed by atoms with Crippen LogP contribution in [0.15, 0.2) is 24.3 Å². The van der Waals surface area contributed by atoms with Gasteiger partial charge in [-0.1, -0.05) is 50.9 Å². The van der Waals surface area contributed by atoms with E-state index in [9.17, 15) is 4.79 Å². The van der Waals surface area contributed by atoms with Gasteiger partial charge in [-0.2, -0.15) is 0 Å². The highest BCUT2D eigenvalue weighted by molar-refractivity contribution is 6.32. The number of benzene rings is 1. The van der Waals surface area contributed by atoms with Crippen LogP contribution in [-0.2, 0) is 4.79 Å². The van der Waals surface area contributed by atoms with Gasteiger partial charge in [0, 0.05) is 21.9 Å². The molecule has 0 fully saturated rings. The Bertz CT molecular complexity index is 302. The normalized spacial score (nSPS) is 10.4. The molecule has 1 nitrogen and oxygen atoms in total. The molecule has 0 aliphatic heterocycles. The molecule has 0 aliphatic carbocycles. The summed E-state index contributed by atoms with van der Waals surface area (Å²) in [6, 6.07) is 7.02. The zero-order valence-corrected chi connectivity index (χ0v) is 11.7. The van der Waals surface area contributed by atoms with Gasteiger partial charge in [-0.25, -0.2) is 0 Å². The molecular formula is C13H18Cl2O. The molecule has 0 atom stereocenters. The lowest BCUT2D eigenvalue weighted by molar-refractivity contribution is -0.125.